The lowest BCUT2D eigenvalue weighted by Gasteiger charge is -2.29. The van der Waals surface area contributed by atoms with Gasteiger partial charge in [0.1, 0.15) is 12.3 Å². The molecule has 0 saturated heterocycles. The van der Waals surface area contributed by atoms with E-state index >= 15 is 0 Å². The van der Waals surface area contributed by atoms with Crippen molar-refractivity contribution in [3.8, 4) is 11.6 Å². The molecule has 0 bridgehead atoms. The summed E-state index contributed by atoms with van der Waals surface area (Å²) in [6.07, 6.45) is 7.73. The van der Waals surface area contributed by atoms with Gasteiger partial charge in [-0.2, -0.15) is 10.2 Å². The van der Waals surface area contributed by atoms with Crippen LogP contribution in [-0.4, -0.2) is 44.1 Å². The molecule has 3 aromatic rings. The topological polar surface area (TPSA) is 98.1 Å². The molecule has 4 heterocycles. The van der Waals surface area contributed by atoms with E-state index in [0.29, 0.717) is 45.6 Å². The van der Waals surface area contributed by atoms with Crippen LogP contribution in [0.4, 0.5) is 16.2 Å². The first-order chi connectivity index (χ1) is 12.6. The lowest BCUT2D eigenvalue weighted by molar-refractivity contribution is 0.250. The van der Waals surface area contributed by atoms with Crippen LogP contribution in [0.1, 0.15) is 0 Å². The molecule has 0 atom stereocenters. The number of amides is 2. The molecule has 2 amide bonds. The van der Waals surface area contributed by atoms with Crippen LogP contribution in [0.15, 0.2) is 41.5 Å². The normalized spacial score (nSPS) is 13.1. The standard InChI is InChI=1S/C15H11BrClN7O2/c16-10-7-18-8-12-13(10)26-4-3-23(12)15(25)22-9-5-11(17)14(19-6-9)24-20-1-2-21-24/h1-2,5-8H,3-4H2,(H,22,25). The second-order valence-electron chi connectivity index (χ2n) is 5.25. The maximum atomic E-state index is 12.7. The zero-order valence-electron chi connectivity index (χ0n) is 13.1. The van der Waals surface area contributed by atoms with E-state index in [9.17, 15) is 4.79 Å². The predicted octanol–water partition coefficient (Wildman–Crippen LogP) is 2.90. The minimum atomic E-state index is -0.336. The number of carbonyl (C=O) groups is 1. The molecule has 0 aliphatic carbocycles. The highest BCUT2D eigenvalue weighted by Gasteiger charge is 2.26. The van der Waals surface area contributed by atoms with Gasteiger partial charge in [-0.05, 0) is 22.0 Å². The van der Waals surface area contributed by atoms with Crippen LogP contribution in [0.3, 0.4) is 0 Å². The number of rotatable bonds is 2. The monoisotopic (exact) mass is 435 g/mol. The van der Waals surface area contributed by atoms with E-state index in [1.54, 1.807) is 23.4 Å². The predicted molar refractivity (Wildman–Crippen MR) is 98.0 cm³/mol. The van der Waals surface area contributed by atoms with Crippen LogP contribution >= 0.6 is 27.5 Å². The Bertz CT molecular complexity index is 967. The fourth-order valence-corrected chi connectivity index (χ4v) is 3.16. The van der Waals surface area contributed by atoms with Crippen molar-refractivity contribution in [1.82, 2.24) is 25.0 Å². The van der Waals surface area contributed by atoms with E-state index in [2.05, 4.69) is 41.4 Å². The van der Waals surface area contributed by atoms with Gasteiger partial charge in [0.25, 0.3) is 0 Å². The number of ether oxygens (including phenoxy) is 1. The van der Waals surface area contributed by atoms with E-state index in [0.717, 1.165) is 0 Å². The molecule has 9 nitrogen and oxygen atoms in total. The molecule has 4 rings (SSSR count). The zero-order valence-corrected chi connectivity index (χ0v) is 15.5. The van der Waals surface area contributed by atoms with Gasteiger partial charge in [0.15, 0.2) is 11.6 Å². The van der Waals surface area contributed by atoms with Crippen LogP contribution in [0.2, 0.25) is 5.02 Å². The van der Waals surface area contributed by atoms with Crippen molar-refractivity contribution in [3.05, 3.63) is 46.5 Å². The summed E-state index contributed by atoms with van der Waals surface area (Å²) < 4.78 is 6.29. The first-order valence-corrected chi connectivity index (χ1v) is 8.67. The summed E-state index contributed by atoms with van der Waals surface area (Å²) in [5.41, 5.74) is 1.03. The van der Waals surface area contributed by atoms with Gasteiger partial charge in [0, 0.05) is 6.20 Å². The summed E-state index contributed by atoms with van der Waals surface area (Å²) >= 11 is 9.60. The van der Waals surface area contributed by atoms with Crippen LogP contribution in [0.25, 0.3) is 5.82 Å². The fraction of sp³-hybridized carbons (Fsp3) is 0.133. The van der Waals surface area contributed by atoms with Gasteiger partial charge < -0.3 is 10.1 Å². The van der Waals surface area contributed by atoms with Crippen LogP contribution in [0.5, 0.6) is 5.75 Å². The van der Waals surface area contributed by atoms with Crippen molar-refractivity contribution in [2.45, 2.75) is 0 Å². The summed E-state index contributed by atoms with van der Waals surface area (Å²) in [6.45, 7) is 0.777. The summed E-state index contributed by atoms with van der Waals surface area (Å²) in [5.74, 6) is 0.956. The Morgan fingerprint density at radius 2 is 2.08 bits per heavy atom. The Morgan fingerprint density at radius 3 is 2.85 bits per heavy atom. The van der Waals surface area contributed by atoms with Gasteiger partial charge in [-0.3, -0.25) is 9.88 Å². The highest BCUT2D eigenvalue weighted by Crippen LogP contribution is 2.37. The Kier molecular flexibility index (Phi) is 4.43. The third-order valence-electron chi connectivity index (χ3n) is 3.61. The molecule has 0 spiro atoms. The number of fused-ring (bicyclic) bond motifs is 1. The van der Waals surface area contributed by atoms with Gasteiger partial charge in [-0.25, -0.2) is 9.78 Å². The van der Waals surface area contributed by atoms with Crippen molar-refractivity contribution in [1.29, 1.82) is 0 Å². The Hall–Kier alpha value is -2.72. The minimum absolute atomic E-state index is 0.311. The van der Waals surface area contributed by atoms with Crippen molar-refractivity contribution >= 4 is 44.9 Å². The number of anilines is 2. The highest BCUT2D eigenvalue weighted by atomic mass is 79.9. The largest absolute Gasteiger partial charge is 0.488 e. The molecule has 26 heavy (non-hydrogen) atoms. The van der Waals surface area contributed by atoms with E-state index < -0.39 is 0 Å². The number of hydrogen-bond acceptors (Lipinski definition) is 6. The number of halogens is 2. The van der Waals surface area contributed by atoms with Crippen LogP contribution in [-0.2, 0) is 0 Å². The summed E-state index contributed by atoms with van der Waals surface area (Å²) in [7, 11) is 0. The van der Waals surface area contributed by atoms with Crippen molar-refractivity contribution < 1.29 is 9.53 Å². The number of aromatic nitrogens is 5. The second-order valence-corrected chi connectivity index (χ2v) is 6.51. The molecule has 0 aromatic carbocycles. The van der Waals surface area contributed by atoms with Gasteiger partial charge >= 0.3 is 6.03 Å². The van der Waals surface area contributed by atoms with Crippen LogP contribution < -0.4 is 15.0 Å². The Morgan fingerprint density at radius 1 is 1.27 bits per heavy atom. The average Bonchev–Trinajstić information content (AvgIpc) is 3.16. The van der Waals surface area contributed by atoms with Gasteiger partial charge in [-0.15, -0.1) is 4.80 Å². The number of carbonyl (C=O) groups excluding carboxylic acids is 1. The molecule has 0 radical (unpaired) electrons. The molecule has 0 unspecified atom stereocenters. The number of hydrogen-bond donors (Lipinski definition) is 1. The third-order valence-corrected chi connectivity index (χ3v) is 4.46. The van der Waals surface area contributed by atoms with Gasteiger partial charge in [0.2, 0.25) is 0 Å². The molecule has 3 aromatic heterocycles. The van der Waals surface area contributed by atoms with Gasteiger partial charge in [0.05, 0.1) is 46.5 Å². The average molecular weight is 437 g/mol. The molecule has 132 valence electrons. The molecule has 0 saturated carbocycles. The fourth-order valence-electron chi connectivity index (χ4n) is 2.48. The summed E-state index contributed by atoms with van der Waals surface area (Å²) in [5, 5.41) is 11.1. The molecular weight excluding hydrogens is 426 g/mol. The smallest absolute Gasteiger partial charge is 0.326 e. The number of nitrogens with one attached hydrogen (secondary N) is 1. The Labute approximate surface area is 161 Å². The number of urea groups is 1. The maximum absolute atomic E-state index is 12.7. The van der Waals surface area contributed by atoms with Gasteiger partial charge in [-0.1, -0.05) is 11.6 Å². The summed E-state index contributed by atoms with van der Waals surface area (Å²) in [6, 6.07) is 1.25. The first kappa shape index (κ1) is 16.7. The van der Waals surface area contributed by atoms with Crippen LogP contribution in [0, 0.1) is 0 Å². The first-order valence-electron chi connectivity index (χ1n) is 7.50. The molecule has 1 aliphatic rings. The molecular formula is C15H11BrClN7O2. The molecule has 1 N–H and O–H groups in total. The molecule has 11 heteroatoms. The van der Waals surface area contributed by atoms with E-state index in [4.69, 9.17) is 16.3 Å². The molecule has 0 fully saturated rings. The third kappa shape index (κ3) is 3.08. The quantitative estimate of drug-likeness (QED) is 0.663. The van der Waals surface area contributed by atoms with Crippen molar-refractivity contribution in [3.63, 3.8) is 0 Å². The summed E-state index contributed by atoms with van der Waals surface area (Å²) in [4.78, 5) is 23.8. The van der Waals surface area contributed by atoms with Crippen molar-refractivity contribution in [2.24, 2.45) is 0 Å². The van der Waals surface area contributed by atoms with Crippen molar-refractivity contribution in [2.75, 3.05) is 23.4 Å². The Balaban J connectivity index is 1.56. The zero-order chi connectivity index (χ0) is 18.1. The second kappa shape index (κ2) is 6.89. The lowest BCUT2D eigenvalue weighted by Crippen LogP contribution is -2.41. The van der Waals surface area contributed by atoms with E-state index in [1.807, 2.05) is 0 Å². The highest BCUT2D eigenvalue weighted by molar-refractivity contribution is 9.10. The molecule has 1 aliphatic heterocycles. The van der Waals surface area contributed by atoms with E-state index in [-0.39, 0.29) is 6.03 Å². The maximum Gasteiger partial charge on any atom is 0.326 e. The minimum Gasteiger partial charge on any atom is -0.488 e. The number of nitrogens with zero attached hydrogens (tertiary/aromatic N) is 6. The number of pyridine rings is 2. The van der Waals surface area contributed by atoms with E-state index in [1.165, 1.54) is 23.4 Å². The lowest BCUT2D eigenvalue weighted by atomic mass is 10.3. The SMILES string of the molecule is O=C(Nc1cnc(-n2nccn2)c(Cl)c1)N1CCOc2c(Br)cncc21.